The van der Waals surface area contributed by atoms with Crippen LogP contribution in [0.3, 0.4) is 0 Å². The number of ether oxygens (including phenoxy) is 3. The molecule has 1 saturated heterocycles. The first-order chi connectivity index (χ1) is 19.3. The molecular formula is C31H38N2O7. The van der Waals surface area contributed by atoms with E-state index in [2.05, 4.69) is 30.0 Å². The third-order valence-electron chi connectivity index (χ3n) is 8.47. The van der Waals surface area contributed by atoms with Gasteiger partial charge in [-0.15, -0.1) is 0 Å². The molecule has 2 heterocycles. The number of methoxy groups -OCH3 is 1. The van der Waals surface area contributed by atoms with Gasteiger partial charge in [-0.3, -0.25) is 24.2 Å². The molecule has 2 amide bonds. The molecule has 2 fully saturated rings. The van der Waals surface area contributed by atoms with Gasteiger partial charge in [0, 0.05) is 38.4 Å². The van der Waals surface area contributed by atoms with Crippen LogP contribution in [0.5, 0.6) is 17.2 Å². The number of hydrogen-bond donors (Lipinski definition) is 1. The standard InChI is InChI=1S/C31H38N2O7/c1-20(23-6-8-26-24(17-23)11-13-39-26)32(18-21-3-5-25(15-21)31(36)37)19-22-4-7-27(28(16-22)38-2)40-14-12-33-29(34)9-10-30(33)35/h4,6-8,16-17,20-21,25H,3,5,9-15,18-19H2,1-2H3,(H,36,37)/t20-,21-,25?/m0/s1. The zero-order chi connectivity index (χ0) is 28.2. The Kier molecular flexibility index (Phi) is 8.59. The lowest BCUT2D eigenvalue weighted by Gasteiger charge is -2.32. The number of likely N-dealkylation sites (tertiary alicyclic amines) is 1. The average Bonchev–Trinajstić information content (AvgIpc) is 3.69. The highest BCUT2D eigenvalue weighted by Gasteiger charge is 2.32. The first-order valence-corrected chi connectivity index (χ1v) is 14.2. The summed E-state index contributed by atoms with van der Waals surface area (Å²) in [5, 5.41) is 9.52. The number of rotatable bonds is 12. The second kappa shape index (κ2) is 12.3. The van der Waals surface area contributed by atoms with Gasteiger partial charge in [-0.05, 0) is 67.0 Å². The maximum Gasteiger partial charge on any atom is 0.306 e. The zero-order valence-electron chi connectivity index (χ0n) is 23.3. The van der Waals surface area contributed by atoms with Crippen LogP contribution in [-0.4, -0.2) is 66.1 Å². The van der Waals surface area contributed by atoms with Crippen LogP contribution in [0, 0.1) is 11.8 Å². The number of imide groups is 1. The SMILES string of the molecule is COc1cc(CN(C[C@H]2CCC(C(=O)O)C2)[C@@H](C)c2ccc3c(c2)CCO3)ccc1OCCN1C(=O)CCC1=O. The van der Waals surface area contributed by atoms with E-state index in [1.165, 1.54) is 16.0 Å². The van der Waals surface area contributed by atoms with E-state index in [9.17, 15) is 19.5 Å². The molecule has 0 bridgehead atoms. The molecule has 0 radical (unpaired) electrons. The number of fused-ring (bicyclic) bond motifs is 1. The van der Waals surface area contributed by atoms with Crippen LogP contribution in [0.1, 0.15) is 61.8 Å². The minimum Gasteiger partial charge on any atom is -0.493 e. The Hall–Kier alpha value is -3.59. The summed E-state index contributed by atoms with van der Waals surface area (Å²) in [5.41, 5.74) is 3.50. The number of carboxylic acid groups (broad SMARTS) is 1. The first-order valence-electron chi connectivity index (χ1n) is 14.2. The lowest BCUT2D eigenvalue weighted by atomic mass is 9.99. The van der Waals surface area contributed by atoms with Gasteiger partial charge in [0.15, 0.2) is 11.5 Å². The number of benzene rings is 2. The Labute approximate surface area is 235 Å². The van der Waals surface area contributed by atoms with E-state index < -0.39 is 5.97 Å². The Morgan fingerprint density at radius 2 is 1.90 bits per heavy atom. The Balaban J connectivity index is 1.30. The van der Waals surface area contributed by atoms with Crippen molar-refractivity contribution in [1.82, 2.24) is 9.80 Å². The molecule has 1 saturated carbocycles. The molecule has 40 heavy (non-hydrogen) atoms. The largest absolute Gasteiger partial charge is 0.493 e. The minimum absolute atomic E-state index is 0.118. The van der Waals surface area contributed by atoms with Gasteiger partial charge < -0.3 is 19.3 Å². The molecule has 2 aromatic rings. The molecule has 3 atom stereocenters. The lowest BCUT2D eigenvalue weighted by Crippen LogP contribution is -2.33. The van der Waals surface area contributed by atoms with Crippen molar-refractivity contribution >= 4 is 17.8 Å². The summed E-state index contributed by atoms with van der Waals surface area (Å²) in [4.78, 5) is 39.0. The van der Waals surface area contributed by atoms with Gasteiger partial charge in [-0.2, -0.15) is 0 Å². The van der Waals surface area contributed by atoms with Gasteiger partial charge in [0.25, 0.3) is 0 Å². The van der Waals surface area contributed by atoms with Crippen molar-refractivity contribution in [3.8, 4) is 17.2 Å². The molecule has 3 aliphatic rings. The fraction of sp³-hybridized carbons (Fsp3) is 0.516. The normalized spacial score (nSPS) is 21.0. The summed E-state index contributed by atoms with van der Waals surface area (Å²) in [6.45, 7) is 4.81. The molecule has 9 heteroatoms. The van der Waals surface area contributed by atoms with E-state index in [-0.39, 0.29) is 49.8 Å². The summed E-state index contributed by atoms with van der Waals surface area (Å²) in [5.74, 6) is 1.16. The van der Waals surface area contributed by atoms with Gasteiger partial charge in [0.05, 0.1) is 26.2 Å². The summed E-state index contributed by atoms with van der Waals surface area (Å²) in [6.07, 6.45) is 3.79. The molecule has 2 aromatic carbocycles. The lowest BCUT2D eigenvalue weighted by molar-refractivity contribution is -0.142. The average molecular weight is 551 g/mol. The van der Waals surface area contributed by atoms with Crippen LogP contribution in [0.2, 0.25) is 0 Å². The quantitative estimate of drug-likeness (QED) is 0.392. The van der Waals surface area contributed by atoms with Crippen LogP contribution >= 0.6 is 0 Å². The molecule has 2 aliphatic heterocycles. The Morgan fingerprint density at radius 3 is 2.62 bits per heavy atom. The van der Waals surface area contributed by atoms with Crippen molar-refractivity contribution in [2.45, 2.75) is 58.0 Å². The van der Waals surface area contributed by atoms with Crippen LogP contribution in [0.15, 0.2) is 36.4 Å². The zero-order valence-corrected chi connectivity index (χ0v) is 23.3. The first kappa shape index (κ1) is 28.0. The van der Waals surface area contributed by atoms with E-state index in [1.807, 2.05) is 18.2 Å². The predicted octanol–water partition coefficient (Wildman–Crippen LogP) is 4.22. The molecule has 1 unspecified atom stereocenters. The molecule has 5 rings (SSSR count). The molecule has 1 aliphatic carbocycles. The number of hydrogen-bond acceptors (Lipinski definition) is 7. The number of nitrogens with zero attached hydrogens (tertiary/aromatic N) is 2. The maximum atomic E-state index is 11.9. The number of carboxylic acids is 1. The molecular weight excluding hydrogens is 512 g/mol. The summed E-state index contributed by atoms with van der Waals surface area (Å²) < 4.78 is 17.2. The monoisotopic (exact) mass is 550 g/mol. The predicted molar refractivity (Wildman–Crippen MR) is 147 cm³/mol. The summed E-state index contributed by atoms with van der Waals surface area (Å²) >= 11 is 0. The minimum atomic E-state index is -0.695. The van der Waals surface area contributed by atoms with Gasteiger partial charge >= 0.3 is 5.97 Å². The Morgan fingerprint density at radius 1 is 1.10 bits per heavy atom. The number of carbonyl (C=O) groups excluding carboxylic acids is 2. The van der Waals surface area contributed by atoms with Crippen LogP contribution in [-0.2, 0) is 27.3 Å². The van der Waals surface area contributed by atoms with Crippen molar-refractivity contribution in [1.29, 1.82) is 0 Å². The molecule has 0 spiro atoms. The summed E-state index contributed by atoms with van der Waals surface area (Å²) in [7, 11) is 1.59. The van der Waals surface area contributed by atoms with Crippen molar-refractivity contribution < 1.29 is 33.7 Å². The smallest absolute Gasteiger partial charge is 0.306 e. The van der Waals surface area contributed by atoms with Gasteiger partial charge in [0.2, 0.25) is 11.8 Å². The van der Waals surface area contributed by atoms with Crippen molar-refractivity contribution in [2.75, 3.05) is 33.4 Å². The van der Waals surface area contributed by atoms with E-state index in [0.29, 0.717) is 37.0 Å². The fourth-order valence-electron chi connectivity index (χ4n) is 6.12. The Bertz CT molecular complexity index is 1250. The molecule has 1 N–H and O–H groups in total. The fourth-order valence-corrected chi connectivity index (χ4v) is 6.12. The van der Waals surface area contributed by atoms with Gasteiger partial charge in [-0.1, -0.05) is 18.2 Å². The third-order valence-corrected chi connectivity index (χ3v) is 8.47. The highest BCUT2D eigenvalue weighted by molar-refractivity contribution is 6.01. The van der Waals surface area contributed by atoms with Crippen molar-refractivity contribution in [3.05, 3.63) is 53.1 Å². The van der Waals surface area contributed by atoms with E-state index in [4.69, 9.17) is 14.2 Å². The second-order valence-electron chi connectivity index (χ2n) is 11.1. The van der Waals surface area contributed by atoms with E-state index >= 15 is 0 Å². The molecule has 0 aromatic heterocycles. The van der Waals surface area contributed by atoms with Crippen LogP contribution in [0.25, 0.3) is 0 Å². The topological polar surface area (TPSA) is 106 Å². The third kappa shape index (κ3) is 6.25. The van der Waals surface area contributed by atoms with E-state index in [0.717, 1.165) is 37.1 Å². The summed E-state index contributed by atoms with van der Waals surface area (Å²) in [6, 6.07) is 12.4. The highest BCUT2D eigenvalue weighted by atomic mass is 16.5. The van der Waals surface area contributed by atoms with Gasteiger partial charge in [0.1, 0.15) is 12.4 Å². The number of carbonyl (C=O) groups is 3. The maximum absolute atomic E-state index is 11.9. The number of aliphatic carboxylic acids is 1. The molecule has 214 valence electrons. The van der Waals surface area contributed by atoms with Crippen molar-refractivity contribution in [2.24, 2.45) is 11.8 Å². The molecule has 9 nitrogen and oxygen atoms in total. The highest BCUT2D eigenvalue weighted by Crippen LogP contribution is 2.36. The van der Waals surface area contributed by atoms with Gasteiger partial charge in [-0.25, -0.2) is 0 Å². The second-order valence-corrected chi connectivity index (χ2v) is 11.1. The van der Waals surface area contributed by atoms with Crippen LogP contribution in [0.4, 0.5) is 0 Å². The van der Waals surface area contributed by atoms with E-state index in [1.54, 1.807) is 7.11 Å². The van der Waals surface area contributed by atoms with Crippen LogP contribution < -0.4 is 14.2 Å². The number of amides is 2. The van der Waals surface area contributed by atoms with Crippen molar-refractivity contribution in [3.63, 3.8) is 0 Å².